The fraction of sp³-hybridized carbons (Fsp3) is 0.667. The Balaban J connectivity index is 2.60. The predicted octanol–water partition coefficient (Wildman–Crippen LogP) is 1.86. The zero-order valence-corrected chi connectivity index (χ0v) is 4.73. The SMILES string of the molecule is CC1(C)C=C(O)C1. The molecule has 0 aromatic carbocycles. The Labute approximate surface area is 43.7 Å². The van der Waals surface area contributed by atoms with Gasteiger partial charge in [0.05, 0.1) is 5.76 Å². The summed E-state index contributed by atoms with van der Waals surface area (Å²) in [6.45, 7) is 4.21. The number of allylic oxidation sites excluding steroid dienone is 2. The van der Waals surface area contributed by atoms with Crippen LogP contribution in [-0.2, 0) is 0 Å². The quantitative estimate of drug-likeness (QED) is 0.490. The topological polar surface area (TPSA) is 20.2 Å². The molecular weight excluding hydrogens is 88.1 g/mol. The van der Waals surface area contributed by atoms with Crippen molar-refractivity contribution >= 4 is 0 Å². The Bertz CT molecular complexity index is 111. The van der Waals surface area contributed by atoms with Gasteiger partial charge in [-0.15, -0.1) is 0 Å². The van der Waals surface area contributed by atoms with Crippen LogP contribution in [0.15, 0.2) is 11.8 Å². The van der Waals surface area contributed by atoms with Crippen molar-refractivity contribution < 1.29 is 5.11 Å². The molecule has 0 amide bonds. The summed E-state index contributed by atoms with van der Waals surface area (Å²) in [5.41, 5.74) is 0.282. The summed E-state index contributed by atoms with van der Waals surface area (Å²) in [5.74, 6) is 0.546. The van der Waals surface area contributed by atoms with E-state index in [-0.39, 0.29) is 5.41 Å². The maximum absolute atomic E-state index is 8.64. The first-order chi connectivity index (χ1) is 3.10. The number of hydrogen-bond donors (Lipinski definition) is 1. The monoisotopic (exact) mass is 98.1 g/mol. The van der Waals surface area contributed by atoms with Gasteiger partial charge in [0.2, 0.25) is 0 Å². The molecule has 1 heteroatoms. The second-order valence-corrected chi connectivity index (χ2v) is 2.80. The molecule has 1 nitrogen and oxygen atoms in total. The molecule has 0 fully saturated rings. The molecule has 0 atom stereocenters. The van der Waals surface area contributed by atoms with E-state index < -0.39 is 0 Å². The molecule has 0 saturated heterocycles. The van der Waals surface area contributed by atoms with Crippen LogP contribution in [-0.4, -0.2) is 5.11 Å². The predicted molar refractivity (Wildman–Crippen MR) is 29.1 cm³/mol. The first kappa shape index (κ1) is 4.69. The molecule has 0 heterocycles. The van der Waals surface area contributed by atoms with Crippen LogP contribution in [0.4, 0.5) is 0 Å². The zero-order valence-electron chi connectivity index (χ0n) is 4.73. The molecule has 0 aliphatic heterocycles. The van der Waals surface area contributed by atoms with Crippen LogP contribution < -0.4 is 0 Å². The fourth-order valence-electron chi connectivity index (χ4n) is 0.889. The van der Waals surface area contributed by atoms with Gasteiger partial charge in [-0.3, -0.25) is 0 Å². The first-order valence-electron chi connectivity index (χ1n) is 2.51. The van der Waals surface area contributed by atoms with Gasteiger partial charge in [0.15, 0.2) is 0 Å². The van der Waals surface area contributed by atoms with Gasteiger partial charge in [0.1, 0.15) is 0 Å². The van der Waals surface area contributed by atoms with Gasteiger partial charge < -0.3 is 5.11 Å². The lowest BCUT2D eigenvalue weighted by atomic mass is 9.79. The highest BCUT2D eigenvalue weighted by Gasteiger charge is 2.25. The Morgan fingerprint density at radius 2 is 2.14 bits per heavy atom. The first-order valence-corrected chi connectivity index (χ1v) is 2.51. The van der Waals surface area contributed by atoms with Crippen LogP contribution in [0.2, 0.25) is 0 Å². The maximum Gasteiger partial charge on any atom is 0.0896 e. The molecule has 0 radical (unpaired) electrons. The van der Waals surface area contributed by atoms with Gasteiger partial charge in [-0.2, -0.15) is 0 Å². The van der Waals surface area contributed by atoms with E-state index in [9.17, 15) is 0 Å². The Kier molecular flexibility index (Phi) is 0.689. The molecule has 0 aromatic rings. The summed E-state index contributed by atoms with van der Waals surface area (Å²) >= 11 is 0. The number of aliphatic hydroxyl groups excluding tert-OH is 1. The highest BCUT2D eigenvalue weighted by molar-refractivity contribution is 5.14. The van der Waals surface area contributed by atoms with Crippen molar-refractivity contribution in [1.29, 1.82) is 0 Å². The third-order valence-electron chi connectivity index (χ3n) is 1.19. The molecule has 1 aliphatic rings. The van der Waals surface area contributed by atoms with E-state index in [0.717, 1.165) is 6.42 Å². The molecule has 0 bridgehead atoms. The standard InChI is InChI=1S/C6H10O/c1-6(2)3-5(7)4-6/h3,7H,4H2,1-2H3. The van der Waals surface area contributed by atoms with Crippen molar-refractivity contribution in [3.8, 4) is 0 Å². The van der Waals surface area contributed by atoms with E-state index in [0.29, 0.717) is 5.76 Å². The third-order valence-corrected chi connectivity index (χ3v) is 1.19. The second kappa shape index (κ2) is 1.03. The van der Waals surface area contributed by atoms with E-state index in [2.05, 4.69) is 13.8 Å². The molecule has 0 spiro atoms. The average Bonchev–Trinajstić information content (AvgIpc) is 1.27. The molecular formula is C6H10O. The second-order valence-electron chi connectivity index (χ2n) is 2.80. The maximum atomic E-state index is 8.64. The lowest BCUT2D eigenvalue weighted by molar-refractivity contribution is 0.267. The zero-order chi connectivity index (χ0) is 5.49. The third kappa shape index (κ3) is 0.763. The summed E-state index contributed by atoms with van der Waals surface area (Å²) in [7, 11) is 0. The molecule has 1 rings (SSSR count). The largest absolute Gasteiger partial charge is 0.513 e. The van der Waals surface area contributed by atoms with Gasteiger partial charge in [-0.05, 0) is 11.5 Å². The number of hydrogen-bond acceptors (Lipinski definition) is 1. The van der Waals surface area contributed by atoms with Gasteiger partial charge in [-0.1, -0.05) is 13.8 Å². The molecule has 1 N–H and O–H groups in total. The van der Waals surface area contributed by atoms with Crippen molar-refractivity contribution in [2.75, 3.05) is 0 Å². The summed E-state index contributed by atoms with van der Waals surface area (Å²) in [4.78, 5) is 0. The van der Waals surface area contributed by atoms with Gasteiger partial charge >= 0.3 is 0 Å². The lowest BCUT2D eigenvalue weighted by Gasteiger charge is -2.28. The van der Waals surface area contributed by atoms with Crippen LogP contribution in [0.1, 0.15) is 20.3 Å². The summed E-state index contributed by atoms with van der Waals surface area (Å²) < 4.78 is 0. The summed E-state index contributed by atoms with van der Waals surface area (Å²) in [5, 5.41) is 8.64. The minimum atomic E-state index is 0.282. The smallest absolute Gasteiger partial charge is 0.0896 e. The molecule has 1 aliphatic carbocycles. The Morgan fingerprint density at radius 1 is 1.71 bits per heavy atom. The normalized spacial score (nSPS) is 25.7. The van der Waals surface area contributed by atoms with Crippen molar-refractivity contribution in [1.82, 2.24) is 0 Å². The summed E-state index contributed by atoms with van der Waals surface area (Å²) in [6.07, 6.45) is 2.74. The Hall–Kier alpha value is -0.460. The molecule has 7 heavy (non-hydrogen) atoms. The van der Waals surface area contributed by atoms with Crippen LogP contribution in [0.25, 0.3) is 0 Å². The van der Waals surface area contributed by atoms with Gasteiger partial charge in [-0.25, -0.2) is 0 Å². The van der Waals surface area contributed by atoms with E-state index in [1.54, 1.807) is 0 Å². The van der Waals surface area contributed by atoms with Gasteiger partial charge in [0.25, 0.3) is 0 Å². The van der Waals surface area contributed by atoms with Crippen LogP contribution >= 0.6 is 0 Å². The van der Waals surface area contributed by atoms with E-state index in [4.69, 9.17) is 5.11 Å². The van der Waals surface area contributed by atoms with Crippen LogP contribution in [0.3, 0.4) is 0 Å². The molecule has 40 valence electrons. The van der Waals surface area contributed by atoms with Crippen molar-refractivity contribution in [2.45, 2.75) is 20.3 Å². The molecule has 0 unspecified atom stereocenters. The van der Waals surface area contributed by atoms with E-state index in [1.807, 2.05) is 6.08 Å². The minimum Gasteiger partial charge on any atom is -0.513 e. The fourth-order valence-corrected chi connectivity index (χ4v) is 0.889. The minimum absolute atomic E-state index is 0.282. The van der Waals surface area contributed by atoms with Crippen molar-refractivity contribution in [3.05, 3.63) is 11.8 Å². The van der Waals surface area contributed by atoms with E-state index >= 15 is 0 Å². The summed E-state index contributed by atoms with van der Waals surface area (Å²) in [6, 6.07) is 0. The van der Waals surface area contributed by atoms with Crippen LogP contribution in [0, 0.1) is 5.41 Å². The van der Waals surface area contributed by atoms with Crippen molar-refractivity contribution in [2.24, 2.45) is 5.41 Å². The highest BCUT2D eigenvalue weighted by Crippen LogP contribution is 2.35. The average molecular weight is 98.1 g/mol. The number of rotatable bonds is 0. The lowest BCUT2D eigenvalue weighted by Crippen LogP contribution is -2.18. The van der Waals surface area contributed by atoms with E-state index in [1.165, 1.54) is 0 Å². The molecule has 0 aromatic heterocycles. The van der Waals surface area contributed by atoms with Crippen molar-refractivity contribution in [3.63, 3.8) is 0 Å². The van der Waals surface area contributed by atoms with Gasteiger partial charge in [0, 0.05) is 6.42 Å². The number of aliphatic hydroxyl groups is 1. The highest BCUT2D eigenvalue weighted by atomic mass is 16.3. The van der Waals surface area contributed by atoms with Crippen LogP contribution in [0.5, 0.6) is 0 Å². The Morgan fingerprint density at radius 3 is 2.14 bits per heavy atom. The molecule has 0 saturated carbocycles.